The molecule has 3 aromatic carbocycles. The second kappa shape index (κ2) is 9.13. The van der Waals surface area contributed by atoms with Crippen LogP contribution in [0.4, 0.5) is 5.13 Å². The highest BCUT2D eigenvalue weighted by Gasteiger charge is 2.24. The van der Waals surface area contributed by atoms with Crippen LogP contribution in [0.25, 0.3) is 10.2 Å². The monoisotopic (exact) mass is 441 g/mol. The van der Waals surface area contributed by atoms with Crippen molar-refractivity contribution >= 4 is 32.6 Å². The molecule has 1 amide bonds. The van der Waals surface area contributed by atoms with Crippen LogP contribution in [0.5, 0.6) is 0 Å². The van der Waals surface area contributed by atoms with E-state index in [4.69, 9.17) is 4.98 Å². The molecule has 0 atom stereocenters. The van der Waals surface area contributed by atoms with Crippen molar-refractivity contribution < 1.29 is 4.79 Å². The molecular formula is C27H27N3OS. The van der Waals surface area contributed by atoms with Crippen molar-refractivity contribution in [1.82, 2.24) is 9.88 Å². The summed E-state index contributed by atoms with van der Waals surface area (Å²) in [5.41, 5.74) is 5.70. The normalized spacial score (nSPS) is 14.2. The van der Waals surface area contributed by atoms with Crippen molar-refractivity contribution in [3.05, 3.63) is 95.1 Å². The number of anilines is 1. The summed E-state index contributed by atoms with van der Waals surface area (Å²) in [7, 11) is 0. The summed E-state index contributed by atoms with van der Waals surface area (Å²) in [6.45, 7) is 5.26. The summed E-state index contributed by atoms with van der Waals surface area (Å²) >= 11 is 1.75. The molecule has 2 heterocycles. The number of hydrogen-bond acceptors (Lipinski definition) is 4. The van der Waals surface area contributed by atoms with E-state index in [0.717, 1.165) is 55.2 Å². The predicted octanol–water partition coefficient (Wildman–Crippen LogP) is 5.41. The summed E-state index contributed by atoms with van der Waals surface area (Å²) in [5, 5.41) is 1.07. The molecule has 0 saturated carbocycles. The Hall–Kier alpha value is -3.18. The van der Waals surface area contributed by atoms with Crippen LogP contribution in [0, 0.1) is 0 Å². The third-order valence-electron chi connectivity index (χ3n) is 6.16. The van der Waals surface area contributed by atoms with Crippen molar-refractivity contribution in [2.75, 3.05) is 31.1 Å². The van der Waals surface area contributed by atoms with Gasteiger partial charge in [0, 0.05) is 31.7 Å². The van der Waals surface area contributed by atoms with E-state index < -0.39 is 0 Å². The molecule has 0 radical (unpaired) electrons. The van der Waals surface area contributed by atoms with Crippen LogP contribution in [0.15, 0.2) is 72.8 Å². The number of carbonyl (C=O) groups is 1. The quantitative estimate of drug-likeness (QED) is 0.415. The molecule has 162 valence electrons. The van der Waals surface area contributed by atoms with Gasteiger partial charge in [0.2, 0.25) is 0 Å². The molecule has 4 nitrogen and oxygen atoms in total. The smallest absolute Gasteiger partial charge is 0.253 e. The topological polar surface area (TPSA) is 36.4 Å². The molecule has 1 aliphatic rings. The van der Waals surface area contributed by atoms with Gasteiger partial charge < -0.3 is 9.80 Å². The van der Waals surface area contributed by atoms with Crippen molar-refractivity contribution in [2.24, 2.45) is 0 Å². The van der Waals surface area contributed by atoms with Crippen molar-refractivity contribution in [3.8, 4) is 0 Å². The minimum absolute atomic E-state index is 0.119. The molecule has 0 aliphatic carbocycles. The summed E-state index contributed by atoms with van der Waals surface area (Å²) < 4.78 is 1.24. The molecule has 4 aromatic rings. The van der Waals surface area contributed by atoms with Gasteiger partial charge in [-0.05, 0) is 47.7 Å². The van der Waals surface area contributed by atoms with Crippen LogP contribution in [-0.2, 0) is 12.8 Å². The van der Waals surface area contributed by atoms with Crippen LogP contribution in [0.1, 0.15) is 34.0 Å². The number of nitrogens with zero attached hydrogens (tertiary/aromatic N) is 3. The number of amides is 1. The second-order valence-corrected chi connectivity index (χ2v) is 9.26. The van der Waals surface area contributed by atoms with Crippen molar-refractivity contribution in [2.45, 2.75) is 19.8 Å². The van der Waals surface area contributed by atoms with Gasteiger partial charge in [0.1, 0.15) is 0 Å². The Bertz CT molecular complexity index is 1210. The van der Waals surface area contributed by atoms with E-state index in [9.17, 15) is 4.79 Å². The first-order chi connectivity index (χ1) is 15.7. The number of aryl methyl sites for hydroxylation is 1. The molecule has 0 unspecified atom stereocenters. The van der Waals surface area contributed by atoms with Gasteiger partial charge in [-0.15, -0.1) is 0 Å². The Morgan fingerprint density at radius 3 is 2.31 bits per heavy atom. The fourth-order valence-corrected chi connectivity index (χ4v) is 5.36. The maximum atomic E-state index is 13.0. The summed E-state index contributed by atoms with van der Waals surface area (Å²) in [6.07, 6.45) is 1.88. The van der Waals surface area contributed by atoms with E-state index in [-0.39, 0.29) is 5.91 Å². The Kier molecular flexibility index (Phi) is 5.91. The number of benzene rings is 3. The van der Waals surface area contributed by atoms with E-state index >= 15 is 0 Å². The van der Waals surface area contributed by atoms with Crippen LogP contribution < -0.4 is 4.90 Å². The first kappa shape index (κ1) is 20.7. The third kappa shape index (κ3) is 4.26. The molecule has 32 heavy (non-hydrogen) atoms. The highest BCUT2D eigenvalue weighted by atomic mass is 32.1. The van der Waals surface area contributed by atoms with E-state index in [1.54, 1.807) is 11.3 Å². The van der Waals surface area contributed by atoms with Crippen LogP contribution in [-0.4, -0.2) is 42.0 Å². The fraction of sp³-hybridized carbons (Fsp3) is 0.259. The van der Waals surface area contributed by atoms with Gasteiger partial charge in [0.25, 0.3) is 5.91 Å². The lowest BCUT2D eigenvalue weighted by molar-refractivity contribution is 0.0747. The van der Waals surface area contributed by atoms with E-state index in [1.165, 1.54) is 21.4 Å². The number of para-hydroxylation sites is 1. The van der Waals surface area contributed by atoms with Crippen LogP contribution in [0.3, 0.4) is 0 Å². The number of thiazole rings is 1. The Morgan fingerprint density at radius 2 is 1.59 bits per heavy atom. The molecule has 0 spiro atoms. The average Bonchev–Trinajstić information content (AvgIpc) is 3.29. The largest absolute Gasteiger partial charge is 0.345 e. The van der Waals surface area contributed by atoms with E-state index in [0.29, 0.717) is 0 Å². The highest BCUT2D eigenvalue weighted by molar-refractivity contribution is 7.22. The number of aromatic nitrogens is 1. The standard InChI is InChI=1S/C27H27N3OS/c1-2-22-9-6-10-24-25(22)28-27(32-24)30-17-15-29(16-18-30)26(31)23-13-11-21(12-14-23)19-20-7-4-3-5-8-20/h3-14H,2,15-19H2,1H3. The minimum Gasteiger partial charge on any atom is -0.345 e. The Morgan fingerprint density at radius 1 is 0.875 bits per heavy atom. The maximum absolute atomic E-state index is 13.0. The Balaban J connectivity index is 1.22. The highest BCUT2D eigenvalue weighted by Crippen LogP contribution is 2.31. The summed E-state index contributed by atoms with van der Waals surface area (Å²) in [4.78, 5) is 22.2. The predicted molar refractivity (Wildman–Crippen MR) is 133 cm³/mol. The fourth-order valence-electron chi connectivity index (χ4n) is 4.29. The van der Waals surface area contributed by atoms with Gasteiger partial charge in [-0.2, -0.15) is 0 Å². The molecule has 1 saturated heterocycles. The molecule has 0 bridgehead atoms. The zero-order valence-corrected chi connectivity index (χ0v) is 19.1. The molecule has 5 heteroatoms. The van der Waals surface area contributed by atoms with Gasteiger partial charge in [0.05, 0.1) is 10.2 Å². The number of rotatable bonds is 5. The van der Waals surface area contributed by atoms with Crippen LogP contribution >= 0.6 is 11.3 Å². The first-order valence-electron chi connectivity index (χ1n) is 11.3. The van der Waals surface area contributed by atoms with Gasteiger partial charge in [0.15, 0.2) is 5.13 Å². The first-order valence-corrected chi connectivity index (χ1v) is 12.1. The average molecular weight is 442 g/mol. The molecule has 1 fully saturated rings. The van der Waals surface area contributed by atoms with Gasteiger partial charge in [-0.1, -0.05) is 72.9 Å². The Labute approximate surface area is 193 Å². The van der Waals surface area contributed by atoms with Crippen LogP contribution in [0.2, 0.25) is 0 Å². The lowest BCUT2D eigenvalue weighted by Crippen LogP contribution is -2.48. The summed E-state index contributed by atoms with van der Waals surface area (Å²) in [5.74, 6) is 0.119. The summed E-state index contributed by atoms with van der Waals surface area (Å²) in [6, 6.07) is 24.9. The molecule has 1 aromatic heterocycles. The minimum atomic E-state index is 0.119. The molecule has 5 rings (SSSR count). The SMILES string of the molecule is CCc1cccc2sc(N3CCN(C(=O)c4ccc(Cc5ccccc5)cc4)CC3)nc12. The lowest BCUT2D eigenvalue weighted by Gasteiger charge is -2.34. The van der Waals surface area contributed by atoms with Crippen molar-refractivity contribution in [3.63, 3.8) is 0 Å². The number of piperazine rings is 1. The van der Waals surface area contributed by atoms with Gasteiger partial charge in [-0.25, -0.2) is 4.98 Å². The third-order valence-corrected chi connectivity index (χ3v) is 7.24. The van der Waals surface area contributed by atoms with E-state index in [1.807, 2.05) is 23.1 Å². The number of carbonyl (C=O) groups excluding carboxylic acids is 1. The zero-order valence-electron chi connectivity index (χ0n) is 18.3. The maximum Gasteiger partial charge on any atom is 0.253 e. The second-order valence-electron chi connectivity index (χ2n) is 8.25. The number of hydrogen-bond donors (Lipinski definition) is 0. The molecule has 1 aliphatic heterocycles. The van der Waals surface area contributed by atoms with Gasteiger partial charge >= 0.3 is 0 Å². The van der Waals surface area contributed by atoms with E-state index in [2.05, 4.69) is 66.4 Å². The van der Waals surface area contributed by atoms with Gasteiger partial charge in [-0.3, -0.25) is 4.79 Å². The molecular weight excluding hydrogens is 414 g/mol. The molecule has 0 N–H and O–H groups in total. The zero-order chi connectivity index (χ0) is 21.9. The number of fused-ring (bicyclic) bond motifs is 1. The van der Waals surface area contributed by atoms with Crippen molar-refractivity contribution in [1.29, 1.82) is 0 Å². The lowest BCUT2D eigenvalue weighted by atomic mass is 10.0.